The summed E-state index contributed by atoms with van der Waals surface area (Å²) in [5.74, 6) is 1.82. The molecule has 0 radical (unpaired) electrons. The van der Waals surface area contributed by atoms with Crippen molar-refractivity contribution < 1.29 is 19.0 Å². The fraction of sp³-hybridized carbons (Fsp3) is 0.292. The molecule has 0 spiro atoms. The predicted molar refractivity (Wildman–Crippen MR) is 119 cm³/mol. The van der Waals surface area contributed by atoms with Crippen LogP contribution in [0, 0.1) is 0 Å². The van der Waals surface area contributed by atoms with Crippen molar-refractivity contribution in [1.82, 2.24) is 14.9 Å². The molecule has 32 heavy (non-hydrogen) atoms. The summed E-state index contributed by atoms with van der Waals surface area (Å²) in [7, 11) is 4.60. The molecule has 0 unspecified atom stereocenters. The van der Waals surface area contributed by atoms with E-state index in [0.717, 1.165) is 5.56 Å². The number of amides is 1. The second-order valence-corrected chi connectivity index (χ2v) is 7.48. The summed E-state index contributed by atoms with van der Waals surface area (Å²) in [6.07, 6.45) is 0.822. The molecular formula is C24H25N3O5. The maximum atomic E-state index is 12.9. The Kier molecular flexibility index (Phi) is 6.11. The van der Waals surface area contributed by atoms with Crippen molar-refractivity contribution in [2.75, 3.05) is 27.9 Å². The first-order valence-electron chi connectivity index (χ1n) is 10.3. The molecule has 2 heterocycles. The van der Waals surface area contributed by atoms with Gasteiger partial charge in [0.05, 0.1) is 45.6 Å². The number of nitrogens with zero attached hydrogens (tertiary/aromatic N) is 2. The van der Waals surface area contributed by atoms with E-state index in [9.17, 15) is 9.59 Å². The van der Waals surface area contributed by atoms with Crippen LogP contribution in [0.5, 0.6) is 17.2 Å². The van der Waals surface area contributed by atoms with Crippen molar-refractivity contribution in [2.45, 2.75) is 19.4 Å². The van der Waals surface area contributed by atoms with Gasteiger partial charge in [-0.05, 0) is 17.7 Å². The zero-order valence-corrected chi connectivity index (χ0v) is 18.3. The number of aromatic nitrogens is 2. The average Bonchev–Trinajstić information content (AvgIpc) is 2.83. The van der Waals surface area contributed by atoms with Crippen LogP contribution in [0.1, 0.15) is 16.8 Å². The van der Waals surface area contributed by atoms with E-state index in [0.29, 0.717) is 59.3 Å². The minimum absolute atomic E-state index is 0.00467. The Bertz CT molecular complexity index is 1160. The van der Waals surface area contributed by atoms with Crippen LogP contribution in [0.2, 0.25) is 0 Å². The molecule has 1 N–H and O–H groups in total. The number of methoxy groups -OCH3 is 3. The van der Waals surface area contributed by atoms with E-state index < -0.39 is 0 Å². The number of hydrogen-bond acceptors (Lipinski definition) is 6. The molecule has 1 amide bonds. The van der Waals surface area contributed by atoms with Gasteiger partial charge >= 0.3 is 0 Å². The van der Waals surface area contributed by atoms with E-state index in [2.05, 4.69) is 9.97 Å². The maximum Gasteiger partial charge on any atom is 0.256 e. The first kappa shape index (κ1) is 21.4. The van der Waals surface area contributed by atoms with E-state index in [1.807, 2.05) is 30.3 Å². The fourth-order valence-corrected chi connectivity index (χ4v) is 3.87. The van der Waals surface area contributed by atoms with Gasteiger partial charge in [-0.3, -0.25) is 9.59 Å². The lowest BCUT2D eigenvalue weighted by atomic mass is 10.0. The number of benzene rings is 2. The van der Waals surface area contributed by atoms with Crippen molar-refractivity contribution in [2.24, 2.45) is 0 Å². The molecule has 8 nitrogen and oxygen atoms in total. The molecule has 4 rings (SSSR count). The number of carbonyl (C=O) groups excluding carboxylic acids is 1. The molecule has 8 heteroatoms. The Morgan fingerprint density at radius 1 is 1.06 bits per heavy atom. The third-order valence-corrected chi connectivity index (χ3v) is 5.56. The SMILES string of the molecule is COc1cc(-c2nc3c(c(=O)[nH]2)CN(C(=O)Cc2ccccc2)CC3)cc(OC)c1OC. The van der Waals surface area contributed by atoms with Crippen molar-refractivity contribution in [3.63, 3.8) is 0 Å². The number of rotatable bonds is 6. The summed E-state index contributed by atoms with van der Waals surface area (Å²) in [5.41, 5.74) is 2.56. The molecular weight excluding hydrogens is 410 g/mol. The van der Waals surface area contributed by atoms with Gasteiger partial charge in [-0.2, -0.15) is 0 Å². The molecule has 0 atom stereocenters. The first-order chi connectivity index (χ1) is 15.5. The Morgan fingerprint density at radius 3 is 2.38 bits per heavy atom. The van der Waals surface area contributed by atoms with Crippen molar-refractivity contribution in [3.05, 3.63) is 69.6 Å². The second kappa shape index (κ2) is 9.13. The van der Waals surface area contributed by atoms with Crippen LogP contribution in [-0.2, 0) is 24.2 Å². The van der Waals surface area contributed by atoms with Gasteiger partial charge in [0, 0.05) is 18.5 Å². The highest BCUT2D eigenvalue weighted by atomic mass is 16.5. The molecule has 1 aliphatic rings. The van der Waals surface area contributed by atoms with Gasteiger partial charge in [0.2, 0.25) is 11.7 Å². The van der Waals surface area contributed by atoms with E-state index in [1.54, 1.807) is 17.0 Å². The molecule has 0 fully saturated rings. The van der Waals surface area contributed by atoms with E-state index in [-0.39, 0.29) is 18.0 Å². The van der Waals surface area contributed by atoms with Gasteiger partial charge in [-0.15, -0.1) is 0 Å². The summed E-state index contributed by atoms with van der Waals surface area (Å²) in [6.45, 7) is 0.767. The molecule has 0 aliphatic carbocycles. The maximum absolute atomic E-state index is 12.9. The topological polar surface area (TPSA) is 93.8 Å². The number of aromatic amines is 1. The number of hydrogen-bond donors (Lipinski definition) is 1. The summed E-state index contributed by atoms with van der Waals surface area (Å²) < 4.78 is 16.2. The lowest BCUT2D eigenvalue weighted by Gasteiger charge is -2.28. The van der Waals surface area contributed by atoms with Crippen molar-refractivity contribution >= 4 is 5.91 Å². The highest BCUT2D eigenvalue weighted by Crippen LogP contribution is 2.40. The molecule has 2 aromatic carbocycles. The van der Waals surface area contributed by atoms with Gasteiger partial charge < -0.3 is 24.1 Å². The Balaban J connectivity index is 1.61. The highest BCUT2D eigenvalue weighted by Gasteiger charge is 2.25. The summed E-state index contributed by atoms with van der Waals surface area (Å²) in [5, 5.41) is 0. The minimum Gasteiger partial charge on any atom is -0.493 e. The van der Waals surface area contributed by atoms with Crippen molar-refractivity contribution in [1.29, 1.82) is 0 Å². The summed E-state index contributed by atoms with van der Waals surface area (Å²) in [6, 6.07) is 13.1. The minimum atomic E-state index is -0.254. The van der Waals surface area contributed by atoms with Gasteiger partial charge in [0.25, 0.3) is 5.56 Å². The first-order valence-corrected chi connectivity index (χ1v) is 10.3. The summed E-state index contributed by atoms with van der Waals surface area (Å²) in [4.78, 5) is 34.9. The number of H-pyrrole nitrogens is 1. The monoisotopic (exact) mass is 435 g/mol. The summed E-state index contributed by atoms with van der Waals surface area (Å²) >= 11 is 0. The molecule has 0 saturated heterocycles. The average molecular weight is 435 g/mol. The number of fused-ring (bicyclic) bond motifs is 1. The van der Waals surface area contributed by atoms with Gasteiger partial charge in [-0.1, -0.05) is 30.3 Å². The van der Waals surface area contributed by atoms with Crippen LogP contribution in [-0.4, -0.2) is 48.6 Å². The Labute approximate surface area is 185 Å². The molecule has 0 saturated carbocycles. The Hall–Kier alpha value is -3.81. The Morgan fingerprint density at radius 2 is 1.75 bits per heavy atom. The van der Waals surface area contributed by atoms with Crippen LogP contribution >= 0.6 is 0 Å². The highest BCUT2D eigenvalue weighted by molar-refractivity contribution is 5.79. The van der Waals surface area contributed by atoms with Crippen LogP contribution < -0.4 is 19.8 Å². The van der Waals surface area contributed by atoms with Crippen LogP contribution in [0.25, 0.3) is 11.4 Å². The van der Waals surface area contributed by atoms with Gasteiger partial charge in [0.1, 0.15) is 5.82 Å². The zero-order valence-electron chi connectivity index (χ0n) is 18.3. The zero-order chi connectivity index (χ0) is 22.7. The van der Waals surface area contributed by atoms with E-state index in [4.69, 9.17) is 14.2 Å². The number of nitrogens with one attached hydrogen (secondary N) is 1. The third kappa shape index (κ3) is 4.16. The van der Waals surface area contributed by atoms with Crippen LogP contribution in [0.3, 0.4) is 0 Å². The standard InChI is InChI=1S/C24H25N3O5/c1-30-19-12-16(13-20(31-2)22(19)32-3)23-25-18-9-10-27(14-17(18)24(29)26-23)21(28)11-15-7-5-4-6-8-15/h4-8,12-13H,9-11,14H2,1-3H3,(H,25,26,29). The lowest BCUT2D eigenvalue weighted by molar-refractivity contribution is -0.131. The number of carbonyl (C=O) groups is 1. The number of ether oxygens (including phenoxy) is 3. The molecule has 0 bridgehead atoms. The van der Waals surface area contributed by atoms with E-state index >= 15 is 0 Å². The van der Waals surface area contributed by atoms with Gasteiger partial charge in [-0.25, -0.2) is 4.98 Å². The molecule has 1 aromatic heterocycles. The largest absolute Gasteiger partial charge is 0.493 e. The quantitative estimate of drug-likeness (QED) is 0.640. The van der Waals surface area contributed by atoms with Gasteiger partial charge in [0.15, 0.2) is 11.5 Å². The normalized spacial score (nSPS) is 12.8. The fourth-order valence-electron chi connectivity index (χ4n) is 3.87. The lowest BCUT2D eigenvalue weighted by Crippen LogP contribution is -2.40. The molecule has 1 aliphatic heterocycles. The van der Waals surface area contributed by atoms with Crippen molar-refractivity contribution in [3.8, 4) is 28.6 Å². The predicted octanol–water partition coefficient (Wildman–Crippen LogP) is 2.59. The molecule has 166 valence electrons. The van der Waals surface area contributed by atoms with Crippen LogP contribution in [0.15, 0.2) is 47.3 Å². The van der Waals surface area contributed by atoms with Crippen LogP contribution in [0.4, 0.5) is 0 Å². The second-order valence-electron chi connectivity index (χ2n) is 7.48. The van der Waals surface area contributed by atoms with E-state index in [1.165, 1.54) is 21.3 Å². The molecule has 3 aromatic rings. The third-order valence-electron chi connectivity index (χ3n) is 5.56. The smallest absolute Gasteiger partial charge is 0.256 e.